The highest BCUT2D eigenvalue weighted by Crippen LogP contribution is 2.39. The number of anilines is 1. The minimum absolute atomic E-state index is 0.341. The van der Waals surface area contributed by atoms with Crippen LogP contribution in [0, 0.1) is 0 Å². The number of rotatable bonds is 8. The lowest BCUT2D eigenvalue weighted by Gasteiger charge is -2.22. The van der Waals surface area contributed by atoms with E-state index in [1.807, 2.05) is 0 Å². The zero-order valence-electron chi connectivity index (χ0n) is 11.7. The standard InChI is InChI=1S/C10H18N3O9P/c14-2-6(16)7(17)5(15)1-11-8-4(3-23(20,21)22)9(18)13-10(19)12-8/h5-7,14-17H,1-3H2,(H2,20,21,22)(H3,11,12,13,18,19)/t5-,6+,7-/m0/s1. The Morgan fingerprint density at radius 2 is 1.70 bits per heavy atom. The van der Waals surface area contributed by atoms with Crippen LogP contribution < -0.4 is 16.6 Å². The Kier molecular flexibility index (Phi) is 6.65. The van der Waals surface area contributed by atoms with Crippen LogP contribution in [0.2, 0.25) is 0 Å². The molecule has 0 aliphatic rings. The average Bonchev–Trinajstić information content (AvgIpc) is 2.45. The summed E-state index contributed by atoms with van der Waals surface area (Å²) >= 11 is 0. The van der Waals surface area contributed by atoms with Gasteiger partial charge in [-0.25, -0.2) is 4.79 Å². The first-order valence-corrected chi connectivity index (χ1v) is 8.14. The van der Waals surface area contributed by atoms with Gasteiger partial charge in [-0.1, -0.05) is 0 Å². The molecule has 12 nitrogen and oxygen atoms in total. The summed E-state index contributed by atoms with van der Waals surface area (Å²) in [4.78, 5) is 44.7. The van der Waals surface area contributed by atoms with Crippen molar-refractivity contribution in [3.05, 3.63) is 26.4 Å². The van der Waals surface area contributed by atoms with Gasteiger partial charge >= 0.3 is 13.3 Å². The maximum atomic E-state index is 11.6. The van der Waals surface area contributed by atoms with Crippen molar-refractivity contribution in [2.75, 3.05) is 18.5 Å². The molecule has 0 spiro atoms. The van der Waals surface area contributed by atoms with Crippen molar-refractivity contribution < 1.29 is 34.8 Å². The zero-order valence-corrected chi connectivity index (χ0v) is 12.6. The van der Waals surface area contributed by atoms with E-state index < -0.39 is 62.0 Å². The smallest absolute Gasteiger partial charge is 0.330 e. The number of nitrogens with one attached hydrogen (secondary N) is 3. The normalized spacial score (nSPS) is 15.9. The predicted molar refractivity (Wildman–Crippen MR) is 77.0 cm³/mol. The van der Waals surface area contributed by atoms with E-state index >= 15 is 0 Å². The Labute approximate surface area is 128 Å². The number of H-pyrrole nitrogens is 2. The summed E-state index contributed by atoms with van der Waals surface area (Å²) < 4.78 is 11.0. The van der Waals surface area contributed by atoms with Crippen molar-refractivity contribution in [2.24, 2.45) is 0 Å². The molecule has 0 fully saturated rings. The molecule has 3 atom stereocenters. The zero-order chi connectivity index (χ0) is 17.8. The molecule has 0 unspecified atom stereocenters. The molecule has 0 amide bonds. The predicted octanol–water partition coefficient (Wildman–Crippen LogP) is -3.77. The molecule has 13 heteroatoms. The lowest BCUT2D eigenvalue weighted by atomic mass is 10.1. The van der Waals surface area contributed by atoms with Gasteiger partial charge in [-0.15, -0.1) is 0 Å². The van der Waals surface area contributed by atoms with Gasteiger partial charge in [0.05, 0.1) is 24.4 Å². The average molecular weight is 355 g/mol. The minimum Gasteiger partial charge on any atom is -0.394 e. The second kappa shape index (κ2) is 7.84. The van der Waals surface area contributed by atoms with E-state index in [-0.39, 0.29) is 5.82 Å². The van der Waals surface area contributed by atoms with Gasteiger partial charge in [0.15, 0.2) is 0 Å². The van der Waals surface area contributed by atoms with Crippen LogP contribution in [0.1, 0.15) is 5.56 Å². The highest BCUT2D eigenvalue weighted by Gasteiger charge is 2.25. The molecular weight excluding hydrogens is 337 g/mol. The van der Waals surface area contributed by atoms with Crippen LogP contribution >= 0.6 is 7.60 Å². The Morgan fingerprint density at radius 1 is 1.09 bits per heavy atom. The van der Waals surface area contributed by atoms with Crippen LogP contribution in [0.25, 0.3) is 0 Å². The number of hydrogen-bond donors (Lipinski definition) is 9. The molecule has 1 aromatic heterocycles. The Bertz CT molecular complexity index is 681. The van der Waals surface area contributed by atoms with E-state index in [9.17, 15) is 29.5 Å². The van der Waals surface area contributed by atoms with Crippen LogP contribution in [0.15, 0.2) is 9.59 Å². The molecule has 1 rings (SSSR count). The fourth-order valence-electron chi connectivity index (χ4n) is 1.71. The molecule has 9 N–H and O–H groups in total. The van der Waals surface area contributed by atoms with Gasteiger partial charge in [-0.3, -0.25) is 19.3 Å². The Balaban J connectivity index is 2.98. The second-order valence-corrected chi connectivity index (χ2v) is 6.42. The molecule has 0 saturated heterocycles. The molecule has 0 saturated carbocycles. The summed E-state index contributed by atoms with van der Waals surface area (Å²) in [6.45, 7) is -1.28. The van der Waals surface area contributed by atoms with Crippen molar-refractivity contribution in [1.29, 1.82) is 0 Å². The molecule has 1 heterocycles. The molecule has 1 aromatic rings. The summed E-state index contributed by atoms with van der Waals surface area (Å²) in [7, 11) is -4.61. The van der Waals surface area contributed by atoms with Crippen LogP contribution in [-0.4, -0.2) is 71.6 Å². The van der Waals surface area contributed by atoms with Gasteiger partial charge in [-0.2, -0.15) is 0 Å². The third-order valence-corrected chi connectivity index (χ3v) is 3.60. The van der Waals surface area contributed by atoms with E-state index in [0.29, 0.717) is 0 Å². The number of aliphatic hydroxyl groups excluding tert-OH is 4. The molecule has 0 bridgehead atoms. The molecule has 0 aromatic carbocycles. The Hall–Kier alpha value is -1.53. The van der Waals surface area contributed by atoms with E-state index in [0.717, 1.165) is 0 Å². The third-order valence-electron chi connectivity index (χ3n) is 2.87. The molecular formula is C10H18N3O9P. The SMILES string of the molecule is O=c1[nH]c(NC[C@H](O)[C@H](O)[C@H](O)CO)c(CP(=O)(O)O)c(=O)[nH]1. The van der Waals surface area contributed by atoms with E-state index in [4.69, 9.17) is 14.9 Å². The molecule has 132 valence electrons. The maximum Gasteiger partial charge on any atom is 0.330 e. The van der Waals surface area contributed by atoms with Crippen LogP contribution in [-0.2, 0) is 10.7 Å². The van der Waals surface area contributed by atoms with Gasteiger partial charge in [0.1, 0.15) is 18.0 Å². The number of aromatic nitrogens is 2. The van der Waals surface area contributed by atoms with Gasteiger partial charge in [0.2, 0.25) is 0 Å². The summed E-state index contributed by atoms with van der Waals surface area (Å²) in [5.74, 6) is -0.341. The van der Waals surface area contributed by atoms with Gasteiger partial charge in [0.25, 0.3) is 5.56 Å². The molecule has 0 radical (unpaired) electrons. The quantitative estimate of drug-likeness (QED) is 0.207. The Morgan fingerprint density at radius 3 is 2.22 bits per heavy atom. The monoisotopic (exact) mass is 355 g/mol. The lowest BCUT2D eigenvalue weighted by Crippen LogP contribution is -2.43. The van der Waals surface area contributed by atoms with Crippen molar-refractivity contribution in [3.8, 4) is 0 Å². The van der Waals surface area contributed by atoms with E-state index in [2.05, 4.69) is 10.3 Å². The van der Waals surface area contributed by atoms with E-state index in [1.165, 1.54) is 0 Å². The first-order valence-electron chi connectivity index (χ1n) is 6.34. The first-order chi connectivity index (χ1) is 10.5. The van der Waals surface area contributed by atoms with Crippen molar-refractivity contribution in [1.82, 2.24) is 9.97 Å². The fraction of sp³-hybridized carbons (Fsp3) is 0.600. The minimum atomic E-state index is -4.61. The van der Waals surface area contributed by atoms with Crippen LogP contribution in [0.5, 0.6) is 0 Å². The second-order valence-electron chi connectivity index (χ2n) is 4.77. The van der Waals surface area contributed by atoms with Gasteiger partial charge in [0, 0.05) is 6.54 Å². The fourth-order valence-corrected chi connectivity index (χ4v) is 2.43. The summed E-state index contributed by atoms with van der Waals surface area (Å²) in [5.41, 5.74) is -2.41. The molecule has 0 aliphatic carbocycles. The largest absolute Gasteiger partial charge is 0.394 e. The van der Waals surface area contributed by atoms with Crippen molar-refractivity contribution >= 4 is 13.4 Å². The maximum absolute atomic E-state index is 11.6. The van der Waals surface area contributed by atoms with Gasteiger partial charge in [-0.05, 0) is 0 Å². The number of aromatic amines is 2. The first kappa shape index (κ1) is 19.5. The van der Waals surface area contributed by atoms with Gasteiger partial charge < -0.3 is 35.5 Å². The summed E-state index contributed by atoms with van der Waals surface area (Å²) in [5, 5.41) is 39.3. The summed E-state index contributed by atoms with van der Waals surface area (Å²) in [6, 6.07) is 0. The lowest BCUT2D eigenvalue weighted by molar-refractivity contribution is -0.0715. The van der Waals surface area contributed by atoms with Crippen molar-refractivity contribution in [3.63, 3.8) is 0 Å². The van der Waals surface area contributed by atoms with Crippen LogP contribution in [0.3, 0.4) is 0 Å². The van der Waals surface area contributed by atoms with Crippen molar-refractivity contribution in [2.45, 2.75) is 24.5 Å². The topological polar surface area (TPSA) is 216 Å². The highest BCUT2D eigenvalue weighted by atomic mass is 31.2. The number of aliphatic hydroxyl groups is 4. The van der Waals surface area contributed by atoms with Crippen LogP contribution in [0.4, 0.5) is 5.82 Å². The number of hydrogen-bond acceptors (Lipinski definition) is 8. The van der Waals surface area contributed by atoms with E-state index in [1.54, 1.807) is 4.98 Å². The summed E-state index contributed by atoms with van der Waals surface area (Å²) in [6.07, 6.45) is -5.88. The molecule has 23 heavy (non-hydrogen) atoms. The molecule has 0 aliphatic heterocycles. The third kappa shape index (κ3) is 5.88. The highest BCUT2D eigenvalue weighted by molar-refractivity contribution is 7.50.